The first-order valence-corrected chi connectivity index (χ1v) is 7.77. The highest BCUT2D eigenvalue weighted by Gasteiger charge is 2.12. The predicted molar refractivity (Wildman–Crippen MR) is 86.9 cm³/mol. The van der Waals surface area contributed by atoms with Crippen LogP contribution in [0.15, 0.2) is 36.7 Å². The van der Waals surface area contributed by atoms with Gasteiger partial charge in [0.05, 0.1) is 25.6 Å². The Kier molecular flexibility index (Phi) is 5.21. The van der Waals surface area contributed by atoms with Gasteiger partial charge in [0.2, 0.25) is 0 Å². The van der Waals surface area contributed by atoms with E-state index >= 15 is 0 Å². The number of hydrogen-bond acceptors (Lipinski definition) is 5. The van der Waals surface area contributed by atoms with Crippen molar-refractivity contribution in [3.05, 3.63) is 52.9 Å². The highest BCUT2D eigenvalue weighted by atomic mass is 35.5. The summed E-state index contributed by atoms with van der Waals surface area (Å²) in [6, 6.07) is 8.46. The lowest BCUT2D eigenvalue weighted by Gasteiger charge is -2.27. The summed E-state index contributed by atoms with van der Waals surface area (Å²) in [5.74, 6) is 0.689. The van der Waals surface area contributed by atoms with Crippen molar-refractivity contribution in [2.45, 2.75) is 13.1 Å². The monoisotopic (exact) mass is 318 g/mol. The van der Waals surface area contributed by atoms with E-state index in [1.807, 2.05) is 0 Å². The second kappa shape index (κ2) is 7.54. The molecular weight excluding hydrogens is 300 g/mol. The third-order valence-electron chi connectivity index (χ3n) is 3.68. The first-order valence-electron chi connectivity index (χ1n) is 7.39. The molecule has 0 amide bonds. The van der Waals surface area contributed by atoms with Gasteiger partial charge in [-0.05, 0) is 11.1 Å². The summed E-state index contributed by atoms with van der Waals surface area (Å²) in [5.41, 5.74) is 2.59. The minimum absolute atomic E-state index is 0.395. The third-order valence-corrected chi connectivity index (χ3v) is 3.86. The van der Waals surface area contributed by atoms with Crippen LogP contribution < -0.4 is 5.32 Å². The molecule has 0 unspecified atom stereocenters. The van der Waals surface area contributed by atoms with Crippen LogP contribution in [0.3, 0.4) is 0 Å². The predicted octanol–water partition coefficient (Wildman–Crippen LogP) is 2.57. The molecule has 1 aliphatic rings. The van der Waals surface area contributed by atoms with Crippen LogP contribution >= 0.6 is 11.6 Å². The van der Waals surface area contributed by atoms with E-state index in [0.717, 1.165) is 32.8 Å². The van der Waals surface area contributed by atoms with Gasteiger partial charge in [0.1, 0.15) is 11.0 Å². The van der Waals surface area contributed by atoms with Crippen molar-refractivity contribution in [2.24, 2.45) is 0 Å². The average Bonchev–Trinajstić information content (AvgIpc) is 2.55. The highest BCUT2D eigenvalue weighted by molar-refractivity contribution is 6.29. The molecule has 0 bridgehead atoms. The third kappa shape index (κ3) is 4.16. The van der Waals surface area contributed by atoms with Crippen molar-refractivity contribution in [1.82, 2.24) is 14.9 Å². The Bertz CT molecular complexity index is 617. The summed E-state index contributed by atoms with van der Waals surface area (Å²) < 4.78 is 5.40. The van der Waals surface area contributed by atoms with Crippen LogP contribution in [0, 0.1) is 0 Å². The molecule has 116 valence electrons. The fourth-order valence-electron chi connectivity index (χ4n) is 2.50. The number of ether oxygens (including phenoxy) is 1. The molecule has 1 aliphatic heterocycles. The van der Waals surface area contributed by atoms with E-state index in [1.165, 1.54) is 17.3 Å². The molecule has 6 heteroatoms. The van der Waals surface area contributed by atoms with E-state index in [4.69, 9.17) is 16.3 Å². The van der Waals surface area contributed by atoms with E-state index in [1.54, 1.807) is 6.20 Å². The smallest absolute Gasteiger partial charge is 0.149 e. The number of benzene rings is 1. The van der Waals surface area contributed by atoms with E-state index in [9.17, 15) is 0 Å². The standard InChI is InChI=1S/C16H19ClN4O/c17-15-10-18-11-16(20-15)19-9-13-3-1-2-4-14(13)12-21-5-7-22-8-6-21/h1-4,10-11H,5-9,12H2,(H,19,20). The summed E-state index contributed by atoms with van der Waals surface area (Å²) in [7, 11) is 0. The molecule has 5 nitrogen and oxygen atoms in total. The van der Waals surface area contributed by atoms with E-state index in [2.05, 4.69) is 44.5 Å². The van der Waals surface area contributed by atoms with Gasteiger partial charge in [0, 0.05) is 26.2 Å². The number of aromatic nitrogens is 2. The Hall–Kier alpha value is -1.69. The van der Waals surface area contributed by atoms with Crippen molar-refractivity contribution in [3.8, 4) is 0 Å². The molecule has 2 aromatic rings. The summed E-state index contributed by atoms with van der Waals surface area (Å²) >= 11 is 5.85. The second-order valence-electron chi connectivity index (χ2n) is 5.24. The zero-order chi connectivity index (χ0) is 15.2. The first kappa shape index (κ1) is 15.2. The lowest BCUT2D eigenvalue weighted by Crippen LogP contribution is -2.35. The van der Waals surface area contributed by atoms with Gasteiger partial charge < -0.3 is 10.1 Å². The van der Waals surface area contributed by atoms with Gasteiger partial charge in [-0.25, -0.2) is 4.98 Å². The summed E-state index contributed by atoms with van der Waals surface area (Å²) in [6.45, 7) is 5.26. The maximum Gasteiger partial charge on any atom is 0.149 e. The van der Waals surface area contributed by atoms with E-state index < -0.39 is 0 Å². The van der Waals surface area contributed by atoms with Gasteiger partial charge >= 0.3 is 0 Å². The topological polar surface area (TPSA) is 50.3 Å². The second-order valence-corrected chi connectivity index (χ2v) is 5.63. The molecule has 0 saturated carbocycles. The van der Waals surface area contributed by atoms with Crippen LogP contribution in [0.4, 0.5) is 5.82 Å². The summed E-state index contributed by atoms with van der Waals surface area (Å²) in [6.07, 6.45) is 3.20. The molecule has 1 saturated heterocycles. The van der Waals surface area contributed by atoms with Crippen molar-refractivity contribution >= 4 is 17.4 Å². The number of morpholine rings is 1. The maximum absolute atomic E-state index is 5.85. The Morgan fingerprint density at radius 1 is 1.14 bits per heavy atom. The van der Waals surface area contributed by atoms with Crippen LogP contribution in [0.25, 0.3) is 0 Å². The number of hydrogen-bond donors (Lipinski definition) is 1. The minimum Gasteiger partial charge on any atom is -0.379 e. The average molecular weight is 319 g/mol. The minimum atomic E-state index is 0.395. The molecule has 1 aromatic heterocycles. The molecule has 1 aromatic carbocycles. The SMILES string of the molecule is Clc1cncc(NCc2ccccc2CN2CCOCC2)n1. The molecule has 0 spiro atoms. The largest absolute Gasteiger partial charge is 0.379 e. The van der Waals surface area contributed by atoms with Gasteiger partial charge in [0.25, 0.3) is 0 Å². The fourth-order valence-corrected chi connectivity index (χ4v) is 2.64. The molecule has 0 radical (unpaired) electrons. The maximum atomic E-state index is 5.85. The molecule has 1 N–H and O–H groups in total. The van der Waals surface area contributed by atoms with Crippen LogP contribution in [0.2, 0.25) is 5.15 Å². The number of nitrogens with zero attached hydrogens (tertiary/aromatic N) is 3. The van der Waals surface area contributed by atoms with Gasteiger partial charge in [-0.1, -0.05) is 35.9 Å². The Morgan fingerprint density at radius 3 is 2.68 bits per heavy atom. The summed E-state index contributed by atoms with van der Waals surface area (Å²) in [4.78, 5) is 10.7. The number of anilines is 1. The van der Waals surface area contributed by atoms with Gasteiger partial charge in [-0.3, -0.25) is 9.88 Å². The highest BCUT2D eigenvalue weighted by Crippen LogP contribution is 2.15. The first-order chi connectivity index (χ1) is 10.8. The lowest BCUT2D eigenvalue weighted by atomic mass is 10.1. The number of rotatable bonds is 5. The van der Waals surface area contributed by atoms with Crippen molar-refractivity contribution < 1.29 is 4.74 Å². The molecule has 22 heavy (non-hydrogen) atoms. The van der Waals surface area contributed by atoms with E-state index in [-0.39, 0.29) is 0 Å². The Labute approximate surface area is 135 Å². The molecule has 2 heterocycles. The molecule has 1 fully saturated rings. The Balaban J connectivity index is 1.65. The van der Waals surface area contributed by atoms with Crippen LogP contribution in [0.5, 0.6) is 0 Å². The number of nitrogens with one attached hydrogen (secondary N) is 1. The van der Waals surface area contributed by atoms with Crippen LogP contribution in [-0.2, 0) is 17.8 Å². The Morgan fingerprint density at radius 2 is 1.91 bits per heavy atom. The van der Waals surface area contributed by atoms with Gasteiger partial charge in [-0.15, -0.1) is 0 Å². The van der Waals surface area contributed by atoms with E-state index in [0.29, 0.717) is 17.5 Å². The van der Waals surface area contributed by atoms with Crippen molar-refractivity contribution in [1.29, 1.82) is 0 Å². The molecule has 0 aliphatic carbocycles. The van der Waals surface area contributed by atoms with Crippen LogP contribution in [0.1, 0.15) is 11.1 Å². The van der Waals surface area contributed by atoms with Gasteiger partial charge in [-0.2, -0.15) is 0 Å². The summed E-state index contributed by atoms with van der Waals surface area (Å²) in [5, 5.41) is 3.67. The molecular formula is C16H19ClN4O. The van der Waals surface area contributed by atoms with Crippen molar-refractivity contribution in [2.75, 3.05) is 31.6 Å². The van der Waals surface area contributed by atoms with Crippen LogP contribution in [-0.4, -0.2) is 41.2 Å². The quantitative estimate of drug-likeness (QED) is 0.918. The number of halogens is 1. The molecule has 0 atom stereocenters. The van der Waals surface area contributed by atoms with Crippen molar-refractivity contribution in [3.63, 3.8) is 0 Å². The van der Waals surface area contributed by atoms with Gasteiger partial charge in [0.15, 0.2) is 0 Å². The fraction of sp³-hybridized carbons (Fsp3) is 0.375. The zero-order valence-corrected chi connectivity index (χ0v) is 13.1. The lowest BCUT2D eigenvalue weighted by molar-refractivity contribution is 0.0341. The zero-order valence-electron chi connectivity index (χ0n) is 12.3. The normalized spacial score (nSPS) is 15.7. The molecule has 3 rings (SSSR count).